The molecule has 0 fully saturated rings. The fourth-order valence-corrected chi connectivity index (χ4v) is 1.45. The molecular formula is C12H12O2. The monoisotopic (exact) mass is 188 g/mol. The summed E-state index contributed by atoms with van der Waals surface area (Å²) < 4.78 is 5.45. The molecule has 1 aromatic heterocycles. The van der Waals surface area contributed by atoms with Gasteiger partial charge in [-0.15, -0.1) is 6.58 Å². The van der Waals surface area contributed by atoms with Crippen LogP contribution in [0.2, 0.25) is 0 Å². The number of hydrogen-bond acceptors (Lipinski definition) is 2. The Bertz CT molecular complexity index is 468. The van der Waals surface area contributed by atoms with Gasteiger partial charge in [0.15, 0.2) is 0 Å². The van der Waals surface area contributed by atoms with Crippen molar-refractivity contribution in [3.05, 3.63) is 48.2 Å². The van der Waals surface area contributed by atoms with Crippen molar-refractivity contribution in [1.29, 1.82) is 0 Å². The molecule has 0 aliphatic carbocycles. The van der Waals surface area contributed by atoms with Gasteiger partial charge in [-0.05, 0) is 25.1 Å². The SMILES string of the molecule is C=CC(O)c1cc2cc(C)ccc2o1. The summed E-state index contributed by atoms with van der Waals surface area (Å²) in [7, 11) is 0. The van der Waals surface area contributed by atoms with Gasteiger partial charge in [0, 0.05) is 5.39 Å². The predicted molar refractivity (Wildman–Crippen MR) is 56.1 cm³/mol. The van der Waals surface area contributed by atoms with Crippen molar-refractivity contribution in [2.45, 2.75) is 13.0 Å². The quantitative estimate of drug-likeness (QED) is 0.735. The highest BCUT2D eigenvalue weighted by Gasteiger charge is 2.09. The van der Waals surface area contributed by atoms with Crippen LogP contribution in [0.1, 0.15) is 17.4 Å². The number of benzene rings is 1. The number of hydrogen-bond donors (Lipinski definition) is 1. The Morgan fingerprint density at radius 2 is 2.21 bits per heavy atom. The summed E-state index contributed by atoms with van der Waals surface area (Å²) in [5, 5.41) is 10.5. The molecule has 0 aliphatic rings. The number of aryl methyl sites for hydroxylation is 1. The normalized spacial score (nSPS) is 13.0. The van der Waals surface area contributed by atoms with Crippen molar-refractivity contribution in [3.63, 3.8) is 0 Å². The van der Waals surface area contributed by atoms with Gasteiger partial charge in [0.05, 0.1) is 0 Å². The van der Waals surface area contributed by atoms with Gasteiger partial charge in [0.25, 0.3) is 0 Å². The molecule has 0 amide bonds. The van der Waals surface area contributed by atoms with E-state index in [1.165, 1.54) is 11.6 Å². The van der Waals surface area contributed by atoms with Crippen molar-refractivity contribution in [3.8, 4) is 0 Å². The zero-order valence-corrected chi connectivity index (χ0v) is 8.03. The van der Waals surface area contributed by atoms with E-state index in [2.05, 4.69) is 6.58 Å². The van der Waals surface area contributed by atoms with Crippen LogP contribution in [0, 0.1) is 6.92 Å². The summed E-state index contributed by atoms with van der Waals surface area (Å²) in [4.78, 5) is 0. The number of furan rings is 1. The molecule has 1 N–H and O–H groups in total. The molecule has 0 saturated carbocycles. The molecule has 1 atom stereocenters. The standard InChI is InChI=1S/C12H12O2/c1-3-10(13)12-7-9-6-8(2)4-5-11(9)14-12/h3-7,10,13H,1H2,2H3. The molecule has 2 rings (SSSR count). The van der Waals surface area contributed by atoms with Crippen LogP contribution in [0.4, 0.5) is 0 Å². The first-order valence-electron chi connectivity index (χ1n) is 4.51. The first-order valence-corrected chi connectivity index (χ1v) is 4.51. The first-order chi connectivity index (χ1) is 6.70. The molecule has 1 heterocycles. The summed E-state index contributed by atoms with van der Waals surface area (Å²) in [6.07, 6.45) is 0.729. The molecule has 1 aromatic carbocycles. The zero-order valence-electron chi connectivity index (χ0n) is 8.03. The van der Waals surface area contributed by atoms with Crippen molar-refractivity contribution in [2.24, 2.45) is 0 Å². The molecule has 72 valence electrons. The Kier molecular flexibility index (Phi) is 2.14. The molecule has 0 spiro atoms. The Morgan fingerprint density at radius 1 is 1.43 bits per heavy atom. The van der Waals surface area contributed by atoms with Crippen LogP contribution in [-0.4, -0.2) is 5.11 Å². The third-order valence-corrected chi connectivity index (χ3v) is 2.21. The smallest absolute Gasteiger partial charge is 0.137 e. The number of aliphatic hydroxyl groups excluding tert-OH is 1. The van der Waals surface area contributed by atoms with E-state index in [1.807, 2.05) is 31.2 Å². The molecule has 0 saturated heterocycles. The lowest BCUT2D eigenvalue weighted by Gasteiger charge is -1.97. The van der Waals surface area contributed by atoms with Gasteiger partial charge in [0.2, 0.25) is 0 Å². The Labute approximate surface area is 82.5 Å². The van der Waals surface area contributed by atoms with Crippen molar-refractivity contribution >= 4 is 11.0 Å². The van der Waals surface area contributed by atoms with Crippen LogP contribution in [0.5, 0.6) is 0 Å². The molecule has 2 heteroatoms. The highest BCUT2D eigenvalue weighted by Crippen LogP contribution is 2.24. The second-order valence-corrected chi connectivity index (χ2v) is 3.37. The lowest BCUT2D eigenvalue weighted by atomic mass is 10.2. The molecule has 14 heavy (non-hydrogen) atoms. The number of aliphatic hydroxyl groups is 1. The third kappa shape index (κ3) is 1.44. The van der Waals surface area contributed by atoms with Crippen LogP contribution < -0.4 is 0 Å². The maximum Gasteiger partial charge on any atom is 0.137 e. The topological polar surface area (TPSA) is 33.4 Å². The van der Waals surface area contributed by atoms with Crippen LogP contribution in [-0.2, 0) is 0 Å². The number of rotatable bonds is 2. The zero-order chi connectivity index (χ0) is 10.1. The lowest BCUT2D eigenvalue weighted by molar-refractivity contribution is 0.200. The van der Waals surface area contributed by atoms with E-state index in [9.17, 15) is 5.11 Å². The average Bonchev–Trinajstić information content (AvgIpc) is 2.59. The lowest BCUT2D eigenvalue weighted by Crippen LogP contribution is -1.87. The minimum Gasteiger partial charge on any atom is -0.458 e. The van der Waals surface area contributed by atoms with E-state index >= 15 is 0 Å². The molecule has 2 nitrogen and oxygen atoms in total. The highest BCUT2D eigenvalue weighted by atomic mass is 16.4. The average molecular weight is 188 g/mol. The van der Waals surface area contributed by atoms with E-state index in [4.69, 9.17) is 4.42 Å². The van der Waals surface area contributed by atoms with Crippen LogP contribution >= 0.6 is 0 Å². The predicted octanol–water partition coefficient (Wildman–Crippen LogP) is 2.96. The van der Waals surface area contributed by atoms with E-state index in [0.29, 0.717) is 5.76 Å². The van der Waals surface area contributed by atoms with E-state index in [-0.39, 0.29) is 0 Å². The van der Waals surface area contributed by atoms with Gasteiger partial charge < -0.3 is 9.52 Å². The van der Waals surface area contributed by atoms with Gasteiger partial charge in [-0.1, -0.05) is 17.7 Å². The summed E-state index contributed by atoms with van der Waals surface area (Å²) in [6.45, 7) is 5.54. The van der Waals surface area contributed by atoms with Gasteiger partial charge in [-0.2, -0.15) is 0 Å². The summed E-state index contributed by atoms with van der Waals surface area (Å²) in [5.41, 5.74) is 1.98. The van der Waals surface area contributed by atoms with Crippen molar-refractivity contribution in [2.75, 3.05) is 0 Å². The van der Waals surface area contributed by atoms with Gasteiger partial charge >= 0.3 is 0 Å². The van der Waals surface area contributed by atoms with Gasteiger partial charge in [0.1, 0.15) is 17.4 Å². The van der Waals surface area contributed by atoms with Crippen molar-refractivity contribution in [1.82, 2.24) is 0 Å². The summed E-state index contributed by atoms with van der Waals surface area (Å²) in [6, 6.07) is 7.76. The van der Waals surface area contributed by atoms with Crippen LogP contribution in [0.25, 0.3) is 11.0 Å². The first kappa shape index (κ1) is 9.03. The van der Waals surface area contributed by atoms with Crippen molar-refractivity contribution < 1.29 is 9.52 Å². The largest absolute Gasteiger partial charge is 0.458 e. The molecule has 0 radical (unpaired) electrons. The maximum absolute atomic E-state index is 9.49. The fraction of sp³-hybridized carbons (Fsp3) is 0.167. The van der Waals surface area contributed by atoms with Crippen LogP contribution in [0.15, 0.2) is 41.3 Å². The minimum atomic E-state index is -0.720. The second kappa shape index (κ2) is 3.31. The van der Waals surface area contributed by atoms with Crippen LogP contribution in [0.3, 0.4) is 0 Å². The fourth-order valence-electron chi connectivity index (χ4n) is 1.45. The minimum absolute atomic E-state index is 0.542. The highest BCUT2D eigenvalue weighted by molar-refractivity contribution is 5.78. The summed E-state index contributed by atoms with van der Waals surface area (Å²) >= 11 is 0. The van der Waals surface area contributed by atoms with E-state index < -0.39 is 6.10 Å². The molecule has 0 bridgehead atoms. The Morgan fingerprint density at radius 3 is 2.93 bits per heavy atom. The Balaban J connectivity index is 2.56. The molecule has 2 aromatic rings. The Hall–Kier alpha value is -1.54. The van der Waals surface area contributed by atoms with Gasteiger partial charge in [-0.25, -0.2) is 0 Å². The molecular weight excluding hydrogens is 176 g/mol. The maximum atomic E-state index is 9.49. The number of fused-ring (bicyclic) bond motifs is 1. The van der Waals surface area contributed by atoms with E-state index in [0.717, 1.165) is 11.0 Å². The summed E-state index contributed by atoms with van der Waals surface area (Å²) in [5.74, 6) is 0.542. The molecule has 0 aliphatic heterocycles. The van der Waals surface area contributed by atoms with E-state index in [1.54, 1.807) is 0 Å². The third-order valence-electron chi connectivity index (χ3n) is 2.21. The van der Waals surface area contributed by atoms with Gasteiger partial charge in [-0.3, -0.25) is 0 Å². The second-order valence-electron chi connectivity index (χ2n) is 3.37. The molecule has 1 unspecified atom stereocenters.